The lowest BCUT2D eigenvalue weighted by atomic mass is 10.1. The lowest BCUT2D eigenvalue weighted by Gasteiger charge is -2.09. The highest BCUT2D eigenvalue weighted by atomic mass is 35.5. The summed E-state index contributed by atoms with van der Waals surface area (Å²) in [5, 5.41) is 0. The van der Waals surface area contributed by atoms with E-state index in [-0.39, 0.29) is 6.10 Å². The Balaban J connectivity index is 2.11. The SMILES string of the molecule is ClN1CCC(c2ccccc2)O1. The van der Waals surface area contributed by atoms with Crippen molar-refractivity contribution in [2.45, 2.75) is 12.5 Å². The van der Waals surface area contributed by atoms with Gasteiger partial charge < -0.3 is 0 Å². The van der Waals surface area contributed by atoms with E-state index in [9.17, 15) is 0 Å². The molecule has 0 N–H and O–H groups in total. The predicted octanol–water partition coefficient (Wildman–Crippen LogP) is 2.52. The number of hydroxylamine groups is 1. The molecule has 1 aliphatic rings. The van der Waals surface area contributed by atoms with Crippen LogP contribution in [0.5, 0.6) is 0 Å². The molecule has 12 heavy (non-hydrogen) atoms. The van der Waals surface area contributed by atoms with Gasteiger partial charge in [-0.05, 0) is 12.0 Å². The van der Waals surface area contributed by atoms with Gasteiger partial charge in [-0.15, -0.1) is 0 Å². The van der Waals surface area contributed by atoms with Crippen molar-refractivity contribution in [3.63, 3.8) is 0 Å². The summed E-state index contributed by atoms with van der Waals surface area (Å²) >= 11 is 5.67. The number of rotatable bonds is 1. The van der Waals surface area contributed by atoms with Gasteiger partial charge in [-0.2, -0.15) is 0 Å². The molecule has 1 aromatic rings. The van der Waals surface area contributed by atoms with Crippen LogP contribution in [0.15, 0.2) is 30.3 Å². The van der Waals surface area contributed by atoms with Crippen molar-refractivity contribution in [1.29, 1.82) is 0 Å². The molecular weight excluding hydrogens is 174 g/mol. The van der Waals surface area contributed by atoms with Crippen LogP contribution in [-0.2, 0) is 4.84 Å². The van der Waals surface area contributed by atoms with E-state index in [4.69, 9.17) is 16.6 Å². The highest BCUT2D eigenvalue weighted by Gasteiger charge is 2.23. The van der Waals surface area contributed by atoms with Crippen LogP contribution in [0.2, 0.25) is 0 Å². The minimum Gasteiger partial charge on any atom is -0.276 e. The molecule has 0 saturated carbocycles. The van der Waals surface area contributed by atoms with Crippen LogP contribution < -0.4 is 0 Å². The van der Waals surface area contributed by atoms with Crippen molar-refractivity contribution in [2.75, 3.05) is 6.54 Å². The van der Waals surface area contributed by atoms with Gasteiger partial charge in [0.05, 0.1) is 0 Å². The fourth-order valence-electron chi connectivity index (χ4n) is 1.36. The largest absolute Gasteiger partial charge is 0.276 e. The Kier molecular flexibility index (Phi) is 2.30. The third-order valence-corrected chi connectivity index (χ3v) is 2.23. The monoisotopic (exact) mass is 183 g/mol. The highest BCUT2D eigenvalue weighted by Crippen LogP contribution is 2.29. The third-order valence-electron chi connectivity index (χ3n) is 1.98. The average molecular weight is 184 g/mol. The van der Waals surface area contributed by atoms with Gasteiger partial charge in [0.2, 0.25) is 0 Å². The van der Waals surface area contributed by atoms with Gasteiger partial charge in [0.1, 0.15) is 6.10 Å². The minimum atomic E-state index is 0.142. The average Bonchev–Trinajstić information content (AvgIpc) is 2.54. The van der Waals surface area contributed by atoms with Crippen molar-refractivity contribution < 1.29 is 4.84 Å². The summed E-state index contributed by atoms with van der Waals surface area (Å²) in [4.78, 5) is 5.35. The van der Waals surface area contributed by atoms with E-state index in [0.717, 1.165) is 13.0 Å². The predicted molar refractivity (Wildman–Crippen MR) is 47.4 cm³/mol. The molecule has 1 heterocycles. The van der Waals surface area contributed by atoms with Gasteiger partial charge in [-0.3, -0.25) is 4.84 Å². The van der Waals surface area contributed by atoms with E-state index in [2.05, 4.69) is 12.1 Å². The molecule has 2 rings (SSSR count). The summed E-state index contributed by atoms with van der Waals surface area (Å²) in [6.45, 7) is 0.793. The molecule has 0 amide bonds. The number of halogens is 1. The Morgan fingerprint density at radius 2 is 2.08 bits per heavy atom. The molecule has 1 aliphatic heterocycles. The Morgan fingerprint density at radius 3 is 2.67 bits per heavy atom. The van der Waals surface area contributed by atoms with Crippen LogP contribution in [0.1, 0.15) is 18.1 Å². The van der Waals surface area contributed by atoms with Crippen LogP contribution in [0.4, 0.5) is 0 Å². The van der Waals surface area contributed by atoms with Crippen molar-refractivity contribution in [2.24, 2.45) is 0 Å². The Morgan fingerprint density at radius 1 is 1.33 bits per heavy atom. The maximum atomic E-state index is 5.67. The van der Waals surface area contributed by atoms with Crippen molar-refractivity contribution in [3.8, 4) is 0 Å². The number of benzene rings is 1. The minimum absolute atomic E-state index is 0.142. The number of hydrogen-bond acceptors (Lipinski definition) is 2. The summed E-state index contributed by atoms with van der Waals surface area (Å²) < 4.78 is 1.37. The maximum absolute atomic E-state index is 5.67. The first-order valence-corrected chi connectivity index (χ1v) is 4.35. The van der Waals surface area contributed by atoms with Gasteiger partial charge in [0, 0.05) is 18.3 Å². The molecule has 2 nitrogen and oxygen atoms in total. The summed E-state index contributed by atoms with van der Waals surface area (Å²) in [5.74, 6) is 0. The molecule has 64 valence electrons. The van der Waals surface area contributed by atoms with Crippen LogP contribution >= 0.6 is 11.8 Å². The van der Waals surface area contributed by atoms with Crippen molar-refractivity contribution in [1.82, 2.24) is 4.58 Å². The standard InChI is InChI=1S/C9H10ClNO/c10-11-7-6-9(12-11)8-4-2-1-3-5-8/h1-5,9H,6-7H2. The van der Waals surface area contributed by atoms with E-state index in [1.807, 2.05) is 18.2 Å². The second-order valence-electron chi connectivity index (χ2n) is 2.83. The zero-order valence-corrected chi connectivity index (χ0v) is 7.37. The van der Waals surface area contributed by atoms with E-state index in [1.165, 1.54) is 10.1 Å². The normalized spacial score (nSPS) is 24.6. The molecule has 1 atom stereocenters. The Bertz CT molecular complexity index is 252. The molecule has 3 heteroatoms. The summed E-state index contributed by atoms with van der Waals surface area (Å²) in [5.41, 5.74) is 1.20. The van der Waals surface area contributed by atoms with E-state index < -0.39 is 0 Å². The smallest absolute Gasteiger partial charge is 0.107 e. The maximum Gasteiger partial charge on any atom is 0.107 e. The first kappa shape index (κ1) is 8.05. The molecule has 0 aliphatic carbocycles. The molecule has 1 saturated heterocycles. The topological polar surface area (TPSA) is 12.5 Å². The quantitative estimate of drug-likeness (QED) is 0.621. The van der Waals surface area contributed by atoms with E-state index in [1.54, 1.807) is 0 Å². The molecule has 1 fully saturated rings. The van der Waals surface area contributed by atoms with Crippen molar-refractivity contribution >= 4 is 11.8 Å². The molecule has 0 spiro atoms. The van der Waals surface area contributed by atoms with Crippen LogP contribution in [-0.4, -0.2) is 11.1 Å². The highest BCUT2D eigenvalue weighted by molar-refractivity contribution is 6.12. The lowest BCUT2D eigenvalue weighted by Crippen LogP contribution is -2.03. The molecule has 0 radical (unpaired) electrons. The third kappa shape index (κ3) is 1.61. The first-order chi connectivity index (χ1) is 5.86. The van der Waals surface area contributed by atoms with Gasteiger partial charge in [0.15, 0.2) is 0 Å². The van der Waals surface area contributed by atoms with Crippen molar-refractivity contribution in [3.05, 3.63) is 35.9 Å². The second-order valence-corrected chi connectivity index (χ2v) is 3.21. The van der Waals surface area contributed by atoms with Gasteiger partial charge >= 0.3 is 0 Å². The van der Waals surface area contributed by atoms with Crippen LogP contribution in [0.3, 0.4) is 0 Å². The summed E-state index contributed by atoms with van der Waals surface area (Å²) in [6, 6.07) is 10.1. The zero-order valence-electron chi connectivity index (χ0n) is 6.61. The number of hydrogen-bond donors (Lipinski definition) is 0. The Hall–Kier alpha value is -0.570. The fraction of sp³-hybridized carbons (Fsp3) is 0.333. The van der Waals surface area contributed by atoms with Gasteiger partial charge in [-0.1, -0.05) is 34.9 Å². The molecule has 1 unspecified atom stereocenters. The Labute approximate surface area is 76.8 Å². The summed E-state index contributed by atoms with van der Waals surface area (Å²) in [6.07, 6.45) is 1.11. The zero-order chi connectivity index (χ0) is 8.39. The summed E-state index contributed by atoms with van der Waals surface area (Å²) in [7, 11) is 0. The second kappa shape index (κ2) is 3.44. The van der Waals surface area contributed by atoms with E-state index >= 15 is 0 Å². The van der Waals surface area contributed by atoms with Gasteiger partial charge in [0.25, 0.3) is 0 Å². The molecular formula is C9H10ClNO. The van der Waals surface area contributed by atoms with Crippen LogP contribution in [0.25, 0.3) is 0 Å². The van der Waals surface area contributed by atoms with Crippen LogP contribution in [0, 0.1) is 0 Å². The fourth-order valence-corrected chi connectivity index (χ4v) is 1.55. The molecule has 0 bridgehead atoms. The van der Waals surface area contributed by atoms with E-state index in [0.29, 0.717) is 0 Å². The number of nitrogens with zero attached hydrogens (tertiary/aromatic N) is 1. The lowest BCUT2D eigenvalue weighted by molar-refractivity contribution is -0.0760. The molecule has 1 aromatic carbocycles. The van der Waals surface area contributed by atoms with Gasteiger partial charge in [-0.25, -0.2) is 0 Å². The molecule has 0 aromatic heterocycles. The first-order valence-electron chi connectivity index (χ1n) is 4.01.